The van der Waals surface area contributed by atoms with Crippen molar-refractivity contribution in [2.75, 3.05) is 4.90 Å². The number of aromatic nitrogens is 1. The molecule has 5 nitrogen and oxygen atoms in total. The van der Waals surface area contributed by atoms with Gasteiger partial charge in [-0.3, -0.25) is 19.5 Å². The third-order valence-electron chi connectivity index (χ3n) is 5.69. The fourth-order valence-corrected chi connectivity index (χ4v) is 4.46. The first-order chi connectivity index (χ1) is 16.0. The van der Waals surface area contributed by atoms with E-state index in [-0.39, 0.29) is 16.4 Å². The normalized spacial score (nSPS) is 17.6. The van der Waals surface area contributed by atoms with Crippen LogP contribution < -0.4 is 4.90 Å². The molecule has 1 unspecified atom stereocenters. The van der Waals surface area contributed by atoms with Crippen LogP contribution in [0.2, 0.25) is 10.0 Å². The first-order valence-electron chi connectivity index (χ1n) is 10.1. The lowest BCUT2D eigenvalue weighted by Crippen LogP contribution is -2.29. The van der Waals surface area contributed by atoms with E-state index in [1.807, 2.05) is 36.4 Å². The van der Waals surface area contributed by atoms with Gasteiger partial charge in [0.15, 0.2) is 0 Å². The van der Waals surface area contributed by atoms with Gasteiger partial charge in [0.05, 0.1) is 27.3 Å². The molecule has 33 heavy (non-hydrogen) atoms. The molecule has 0 bridgehead atoms. The highest BCUT2D eigenvalue weighted by Gasteiger charge is 2.47. The molecule has 1 N–H and O–H groups in total. The summed E-state index contributed by atoms with van der Waals surface area (Å²) in [5.41, 5.74) is 1.47. The zero-order valence-electron chi connectivity index (χ0n) is 17.1. The molecule has 0 aliphatic carbocycles. The maximum absolute atomic E-state index is 13.4. The quantitative estimate of drug-likeness (QED) is 0.219. The van der Waals surface area contributed by atoms with Crippen LogP contribution in [0.15, 0.2) is 90.8 Å². The average molecular weight is 475 g/mol. The summed E-state index contributed by atoms with van der Waals surface area (Å²) in [6.07, 6.45) is 3.16. The highest BCUT2D eigenvalue weighted by atomic mass is 35.5. The third kappa shape index (κ3) is 3.55. The van der Waals surface area contributed by atoms with Gasteiger partial charge in [-0.25, -0.2) is 0 Å². The van der Waals surface area contributed by atoms with Crippen molar-refractivity contribution >= 4 is 57.1 Å². The second-order valence-corrected chi connectivity index (χ2v) is 8.39. The molecular weight excluding hydrogens is 459 g/mol. The molecule has 1 saturated heterocycles. The maximum atomic E-state index is 13.4. The van der Waals surface area contributed by atoms with Crippen molar-refractivity contribution in [1.29, 1.82) is 0 Å². The van der Waals surface area contributed by atoms with Gasteiger partial charge in [-0.15, -0.1) is 0 Å². The van der Waals surface area contributed by atoms with E-state index in [9.17, 15) is 14.7 Å². The number of carbonyl (C=O) groups excluding carboxylic acids is 2. The van der Waals surface area contributed by atoms with Gasteiger partial charge in [-0.1, -0.05) is 59.6 Å². The molecule has 5 rings (SSSR count). The predicted molar refractivity (Wildman–Crippen MR) is 129 cm³/mol. The number of ketones is 1. The Kier molecular flexibility index (Phi) is 5.36. The number of nitrogens with zero attached hydrogens (tertiary/aromatic N) is 2. The minimum Gasteiger partial charge on any atom is -0.507 e. The fraction of sp³-hybridized carbons (Fsp3) is 0.0385. The number of pyridine rings is 1. The number of aliphatic hydroxyl groups excluding tert-OH is 1. The number of benzene rings is 3. The summed E-state index contributed by atoms with van der Waals surface area (Å²) in [6.45, 7) is 0. The van der Waals surface area contributed by atoms with Gasteiger partial charge >= 0.3 is 0 Å². The van der Waals surface area contributed by atoms with Crippen LogP contribution in [0.25, 0.3) is 16.5 Å². The smallest absolute Gasteiger partial charge is 0.300 e. The second-order valence-electron chi connectivity index (χ2n) is 7.58. The van der Waals surface area contributed by atoms with Crippen LogP contribution in [0.3, 0.4) is 0 Å². The van der Waals surface area contributed by atoms with Crippen molar-refractivity contribution in [2.45, 2.75) is 6.04 Å². The Hall–Kier alpha value is -3.67. The number of aliphatic hydroxyl groups is 1. The molecule has 1 amide bonds. The summed E-state index contributed by atoms with van der Waals surface area (Å²) in [6, 6.07) is 20.3. The number of hydrogen-bond donors (Lipinski definition) is 1. The lowest BCUT2D eigenvalue weighted by Gasteiger charge is -2.26. The first-order valence-corrected chi connectivity index (χ1v) is 10.9. The van der Waals surface area contributed by atoms with E-state index in [0.717, 1.165) is 10.8 Å². The Morgan fingerprint density at radius 3 is 2.36 bits per heavy atom. The average Bonchev–Trinajstić information content (AvgIpc) is 3.11. The van der Waals surface area contributed by atoms with Crippen molar-refractivity contribution < 1.29 is 14.7 Å². The molecule has 0 spiro atoms. The monoisotopic (exact) mass is 474 g/mol. The Bertz CT molecular complexity index is 1450. The fourth-order valence-electron chi connectivity index (χ4n) is 4.16. The molecule has 4 aromatic rings. The molecule has 7 heteroatoms. The van der Waals surface area contributed by atoms with E-state index in [1.165, 1.54) is 17.0 Å². The van der Waals surface area contributed by atoms with Gasteiger partial charge in [0.1, 0.15) is 5.76 Å². The highest BCUT2D eigenvalue weighted by Crippen LogP contribution is 2.44. The van der Waals surface area contributed by atoms with Gasteiger partial charge in [-0.2, -0.15) is 0 Å². The Morgan fingerprint density at radius 1 is 0.879 bits per heavy atom. The van der Waals surface area contributed by atoms with E-state index in [4.69, 9.17) is 23.2 Å². The molecular formula is C26H16Cl2N2O3. The standard InChI is InChI=1S/C26H16Cl2N2O3/c27-19-9-8-17(14-20(19)28)24(31)22-23(16-10-12-29-13-11-16)30(26(33)25(22)32)21-7-3-5-15-4-1-2-6-18(15)21/h1-14,23,31H/b24-22+. The van der Waals surface area contributed by atoms with Crippen molar-refractivity contribution in [3.8, 4) is 0 Å². The molecule has 0 saturated carbocycles. The van der Waals surface area contributed by atoms with E-state index in [1.54, 1.807) is 36.7 Å². The highest BCUT2D eigenvalue weighted by molar-refractivity contribution is 6.52. The van der Waals surface area contributed by atoms with Crippen LogP contribution in [0.1, 0.15) is 17.2 Å². The van der Waals surface area contributed by atoms with Gasteiger partial charge in [0.2, 0.25) is 0 Å². The van der Waals surface area contributed by atoms with Crippen LogP contribution in [0.5, 0.6) is 0 Å². The summed E-state index contributed by atoms with van der Waals surface area (Å²) in [7, 11) is 0. The third-order valence-corrected chi connectivity index (χ3v) is 6.42. The molecule has 1 atom stereocenters. The maximum Gasteiger partial charge on any atom is 0.300 e. The SMILES string of the molecule is O=C1C(=O)N(c2cccc3ccccc23)C(c2ccncc2)/C1=C(\O)c1ccc(Cl)c(Cl)c1. The number of fused-ring (bicyclic) bond motifs is 1. The zero-order chi connectivity index (χ0) is 23.1. The van der Waals surface area contributed by atoms with Gasteiger partial charge in [-0.05, 0) is 47.3 Å². The second kappa shape index (κ2) is 8.35. The van der Waals surface area contributed by atoms with Crippen molar-refractivity contribution in [2.24, 2.45) is 0 Å². The lowest BCUT2D eigenvalue weighted by molar-refractivity contribution is -0.132. The number of anilines is 1. The topological polar surface area (TPSA) is 70.5 Å². The van der Waals surface area contributed by atoms with Gasteiger partial charge in [0, 0.05) is 23.3 Å². The van der Waals surface area contributed by atoms with Crippen molar-refractivity contribution in [1.82, 2.24) is 4.98 Å². The molecule has 1 aliphatic rings. The van der Waals surface area contributed by atoms with E-state index in [2.05, 4.69) is 4.98 Å². The van der Waals surface area contributed by atoms with Crippen LogP contribution in [-0.4, -0.2) is 21.8 Å². The summed E-state index contributed by atoms with van der Waals surface area (Å²) in [4.78, 5) is 32.1. The molecule has 2 heterocycles. The largest absolute Gasteiger partial charge is 0.507 e. The van der Waals surface area contributed by atoms with Crippen LogP contribution in [0.4, 0.5) is 5.69 Å². The van der Waals surface area contributed by atoms with Crippen LogP contribution in [0, 0.1) is 0 Å². The summed E-state index contributed by atoms with van der Waals surface area (Å²) in [5.74, 6) is -1.83. The predicted octanol–water partition coefficient (Wildman–Crippen LogP) is 6.17. The minimum atomic E-state index is -0.853. The van der Waals surface area contributed by atoms with E-state index in [0.29, 0.717) is 21.8 Å². The zero-order valence-corrected chi connectivity index (χ0v) is 18.6. The first kappa shape index (κ1) is 21.2. The molecule has 3 aromatic carbocycles. The number of rotatable bonds is 3. The Balaban J connectivity index is 1.78. The van der Waals surface area contributed by atoms with Crippen molar-refractivity contribution in [3.63, 3.8) is 0 Å². The number of halogens is 2. The Labute approximate surface area is 199 Å². The van der Waals surface area contributed by atoms with Crippen LogP contribution >= 0.6 is 23.2 Å². The van der Waals surface area contributed by atoms with E-state index >= 15 is 0 Å². The van der Waals surface area contributed by atoms with Gasteiger partial charge < -0.3 is 5.11 Å². The number of Topliss-reactive ketones (excluding diaryl/α,β-unsaturated/α-hetero) is 1. The number of carbonyl (C=O) groups is 2. The molecule has 1 aromatic heterocycles. The summed E-state index contributed by atoms with van der Waals surface area (Å²) < 4.78 is 0. The van der Waals surface area contributed by atoms with Crippen molar-refractivity contribution in [3.05, 3.63) is 112 Å². The Morgan fingerprint density at radius 2 is 1.61 bits per heavy atom. The summed E-state index contributed by atoms with van der Waals surface area (Å²) >= 11 is 12.2. The lowest BCUT2D eigenvalue weighted by atomic mass is 9.95. The van der Waals surface area contributed by atoms with E-state index < -0.39 is 17.7 Å². The number of amides is 1. The van der Waals surface area contributed by atoms with Gasteiger partial charge in [0.25, 0.3) is 11.7 Å². The van der Waals surface area contributed by atoms with Crippen LogP contribution in [-0.2, 0) is 9.59 Å². The molecule has 1 aliphatic heterocycles. The molecule has 0 radical (unpaired) electrons. The molecule has 162 valence electrons. The number of hydrogen-bond acceptors (Lipinski definition) is 4. The molecule has 1 fully saturated rings. The summed E-state index contributed by atoms with van der Waals surface area (Å²) in [5, 5.41) is 13.5. The minimum absolute atomic E-state index is 0.0301.